The van der Waals surface area contributed by atoms with Crippen LogP contribution in [0.1, 0.15) is 16.9 Å². The predicted molar refractivity (Wildman–Crippen MR) is 123 cm³/mol. The lowest BCUT2D eigenvalue weighted by molar-refractivity contribution is 0.0376. The Morgan fingerprint density at radius 3 is 2.72 bits per heavy atom. The van der Waals surface area contributed by atoms with Crippen LogP contribution in [0.25, 0.3) is 21.3 Å². The molecule has 1 aliphatic rings. The van der Waals surface area contributed by atoms with Gasteiger partial charge in [0.05, 0.1) is 35.1 Å². The van der Waals surface area contributed by atoms with Crippen molar-refractivity contribution in [1.82, 2.24) is 19.9 Å². The monoisotopic (exact) mass is 451 g/mol. The molecule has 2 aromatic carbocycles. The van der Waals surface area contributed by atoms with Crippen molar-refractivity contribution in [3.63, 3.8) is 0 Å². The van der Waals surface area contributed by atoms with E-state index in [9.17, 15) is 9.18 Å². The van der Waals surface area contributed by atoms with Crippen molar-refractivity contribution in [3.8, 4) is 0 Å². The fourth-order valence-corrected chi connectivity index (χ4v) is 4.78. The first-order chi connectivity index (χ1) is 15.7. The second-order valence-electron chi connectivity index (χ2n) is 7.59. The van der Waals surface area contributed by atoms with E-state index in [0.29, 0.717) is 21.9 Å². The van der Waals surface area contributed by atoms with Gasteiger partial charge in [0, 0.05) is 26.2 Å². The Labute approximate surface area is 188 Å². The smallest absolute Gasteiger partial charge is 0.280 e. The number of anilines is 1. The summed E-state index contributed by atoms with van der Waals surface area (Å²) in [4.78, 5) is 30.8. The molecule has 0 atom stereocenters. The molecule has 2 aromatic heterocycles. The Morgan fingerprint density at radius 2 is 1.91 bits per heavy atom. The van der Waals surface area contributed by atoms with Crippen molar-refractivity contribution in [1.29, 1.82) is 0 Å². The number of amides is 1. The molecule has 4 aromatic rings. The summed E-state index contributed by atoms with van der Waals surface area (Å²) in [6, 6.07) is 12.3. The lowest BCUT2D eigenvalue weighted by Crippen LogP contribution is -2.39. The second kappa shape index (κ2) is 9.23. The number of carbonyl (C=O) groups is 1. The number of halogens is 1. The van der Waals surface area contributed by atoms with Gasteiger partial charge in [-0.25, -0.2) is 14.4 Å². The molecule has 9 heteroatoms. The van der Waals surface area contributed by atoms with E-state index < -0.39 is 5.82 Å². The Bertz CT molecular complexity index is 1260. The number of rotatable bonds is 6. The van der Waals surface area contributed by atoms with E-state index in [1.807, 2.05) is 30.3 Å². The average Bonchev–Trinajstić information content (AvgIpc) is 3.27. The van der Waals surface area contributed by atoms with Gasteiger partial charge in [-0.2, -0.15) is 0 Å². The largest absolute Gasteiger partial charge is 0.379 e. The molecule has 32 heavy (non-hydrogen) atoms. The van der Waals surface area contributed by atoms with Crippen LogP contribution in [0, 0.1) is 5.82 Å². The summed E-state index contributed by atoms with van der Waals surface area (Å²) in [5.74, 6) is -0.680. The SMILES string of the molecule is O=C(c1cnc2ccccc2n1)N(CCCN1CCOCC1)c1nc2c(F)cccc2s1. The third-order valence-electron chi connectivity index (χ3n) is 5.46. The fourth-order valence-electron chi connectivity index (χ4n) is 3.78. The molecular formula is C23H22FN5O2S. The van der Waals surface area contributed by atoms with Crippen LogP contribution < -0.4 is 4.90 Å². The maximum atomic E-state index is 14.3. The molecule has 1 aliphatic heterocycles. The lowest BCUT2D eigenvalue weighted by Gasteiger charge is -2.27. The number of aromatic nitrogens is 3. The first-order valence-electron chi connectivity index (χ1n) is 10.6. The van der Waals surface area contributed by atoms with Crippen LogP contribution in [0.5, 0.6) is 0 Å². The highest BCUT2D eigenvalue weighted by molar-refractivity contribution is 7.22. The summed E-state index contributed by atoms with van der Waals surface area (Å²) in [5.41, 5.74) is 1.91. The number of fused-ring (bicyclic) bond motifs is 2. The number of nitrogens with zero attached hydrogens (tertiary/aromatic N) is 5. The Morgan fingerprint density at radius 1 is 1.09 bits per heavy atom. The van der Waals surface area contributed by atoms with E-state index in [0.717, 1.165) is 44.8 Å². The summed E-state index contributed by atoms with van der Waals surface area (Å²) < 4.78 is 20.4. The molecule has 0 radical (unpaired) electrons. The predicted octanol–water partition coefficient (Wildman–Crippen LogP) is 3.75. The summed E-state index contributed by atoms with van der Waals surface area (Å²) in [7, 11) is 0. The third-order valence-corrected chi connectivity index (χ3v) is 6.51. The quantitative estimate of drug-likeness (QED) is 0.445. The minimum atomic E-state index is -0.392. The zero-order valence-corrected chi connectivity index (χ0v) is 18.2. The van der Waals surface area contributed by atoms with Gasteiger partial charge in [0.2, 0.25) is 0 Å². The van der Waals surface area contributed by atoms with Crippen LogP contribution >= 0.6 is 11.3 Å². The van der Waals surface area contributed by atoms with Crippen LogP contribution in [0.2, 0.25) is 0 Å². The molecule has 0 spiro atoms. The maximum Gasteiger partial charge on any atom is 0.280 e. The van der Waals surface area contributed by atoms with E-state index in [-0.39, 0.29) is 17.1 Å². The highest BCUT2D eigenvalue weighted by Crippen LogP contribution is 2.31. The minimum absolute atomic E-state index is 0.245. The van der Waals surface area contributed by atoms with Crippen LogP contribution in [-0.2, 0) is 4.74 Å². The summed E-state index contributed by atoms with van der Waals surface area (Å²) in [5, 5.41) is 0.465. The molecule has 5 rings (SSSR count). The Balaban J connectivity index is 1.44. The Kier molecular flexibility index (Phi) is 6.02. The van der Waals surface area contributed by atoms with E-state index in [1.165, 1.54) is 23.6 Å². The molecule has 0 saturated carbocycles. The molecule has 3 heterocycles. The van der Waals surface area contributed by atoms with Crippen LogP contribution in [0.15, 0.2) is 48.7 Å². The minimum Gasteiger partial charge on any atom is -0.379 e. The topological polar surface area (TPSA) is 71.5 Å². The normalized spacial score (nSPS) is 14.8. The van der Waals surface area contributed by atoms with Gasteiger partial charge in [-0.15, -0.1) is 0 Å². The highest BCUT2D eigenvalue weighted by Gasteiger charge is 2.24. The molecule has 0 unspecified atom stereocenters. The molecule has 0 bridgehead atoms. The molecule has 164 valence electrons. The van der Waals surface area contributed by atoms with Crippen molar-refractivity contribution in [2.24, 2.45) is 0 Å². The number of hydrogen-bond acceptors (Lipinski definition) is 7. The van der Waals surface area contributed by atoms with Gasteiger partial charge in [-0.3, -0.25) is 19.6 Å². The molecule has 0 N–H and O–H groups in total. The molecule has 1 fully saturated rings. The van der Waals surface area contributed by atoms with Crippen LogP contribution in [-0.4, -0.2) is 65.2 Å². The van der Waals surface area contributed by atoms with E-state index in [1.54, 1.807) is 11.0 Å². The number of benzene rings is 2. The molecule has 1 amide bonds. The zero-order chi connectivity index (χ0) is 21.9. The van der Waals surface area contributed by atoms with Crippen molar-refractivity contribution in [2.45, 2.75) is 6.42 Å². The summed E-state index contributed by atoms with van der Waals surface area (Å²) in [6.07, 6.45) is 2.25. The molecule has 1 saturated heterocycles. The van der Waals surface area contributed by atoms with Crippen molar-refractivity contribution in [2.75, 3.05) is 44.3 Å². The van der Waals surface area contributed by atoms with Gasteiger partial charge in [-0.1, -0.05) is 29.5 Å². The van der Waals surface area contributed by atoms with Crippen molar-refractivity contribution < 1.29 is 13.9 Å². The number of morpholine rings is 1. The van der Waals surface area contributed by atoms with Crippen molar-refractivity contribution in [3.05, 3.63) is 60.2 Å². The van der Waals surface area contributed by atoms with Gasteiger partial charge in [0.1, 0.15) is 17.0 Å². The second-order valence-corrected chi connectivity index (χ2v) is 8.60. The first kappa shape index (κ1) is 20.9. The van der Waals surface area contributed by atoms with E-state index in [2.05, 4.69) is 19.9 Å². The van der Waals surface area contributed by atoms with Gasteiger partial charge in [0.15, 0.2) is 5.13 Å². The third kappa shape index (κ3) is 4.32. The lowest BCUT2D eigenvalue weighted by atomic mass is 10.2. The number of ether oxygens (including phenoxy) is 1. The van der Waals surface area contributed by atoms with Gasteiger partial charge in [0.25, 0.3) is 5.91 Å². The number of thiazole rings is 1. The molecule has 0 aliphatic carbocycles. The van der Waals surface area contributed by atoms with E-state index in [4.69, 9.17) is 4.74 Å². The number of para-hydroxylation sites is 3. The maximum absolute atomic E-state index is 14.3. The zero-order valence-electron chi connectivity index (χ0n) is 17.4. The van der Waals surface area contributed by atoms with Crippen LogP contribution in [0.4, 0.5) is 9.52 Å². The average molecular weight is 452 g/mol. The van der Waals surface area contributed by atoms with Gasteiger partial charge >= 0.3 is 0 Å². The van der Waals surface area contributed by atoms with Crippen molar-refractivity contribution >= 4 is 43.6 Å². The Hall–Kier alpha value is -3.01. The first-order valence-corrected chi connectivity index (χ1v) is 11.4. The molecule has 7 nitrogen and oxygen atoms in total. The number of carbonyl (C=O) groups excluding carboxylic acids is 1. The van der Waals surface area contributed by atoms with Gasteiger partial charge < -0.3 is 4.74 Å². The van der Waals surface area contributed by atoms with E-state index >= 15 is 0 Å². The molecular weight excluding hydrogens is 429 g/mol. The number of hydrogen-bond donors (Lipinski definition) is 0. The fraction of sp³-hybridized carbons (Fsp3) is 0.304. The summed E-state index contributed by atoms with van der Waals surface area (Å²) >= 11 is 1.30. The summed E-state index contributed by atoms with van der Waals surface area (Å²) in [6.45, 7) is 4.52. The standard InChI is InChI=1S/C23H22FN5O2S/c24-16-5-3-8-20-21(16)27-23(32-20)29(10-4-9-28-11-13-31-14-12-28)22(30)19-15-25-17-6-1-2-7-18(17)26-19/h1-3,5-8,15H,4,9-14H2. The van der Waals surface area contributed by atoms with Gasteiger partial charge in [-0.05, 0) is 30.7 Å². The highest BCUT2D eigenvalue weighted by atomic mass is 32.1. The van der Waals surface area contributed by atoms with Crippen LogP contribution in [0.3, 0.4) is 0 Å².